The molecule has 0 atom stereocenters. The molecule has 0 saturated carbocycles. The molecule has 0 bridgehead atoms. The average molecular weight is 275 g/mol. The minimum Gasteiger partial charge on any atom is -0.506 e. The van der Waals surface area contributed by atoms with Crippen LogP contribution in [-0.4, -0.2) is 37.7 Å². The number of methoxy groups -OCH3 is 1. The first kappa shape index (κ1) is 14.3. The Hall–Kier alpha value is -1.80. The first-order valence-electron chi connectivity index (χ1n) is 4.96. The molecule has 8 heteroatoms. The van der Waals surface area contributed by atoms with E-state index in [2.05, 4.69) is 10.1 Å². The zero-order valence-corrected chi connectivity index (χ0v) is 10.4. The van der Waals surface area contributed by atoms with E-state index in [0.29, 0.717) is 0 Å². The lowest BCUT2D eigenvalue weighted by Gasteiger charge is -2.10. The molecular weight excluding hydrogens is 262 g/mol. The topological polar surface area (TPSA) is 113 Å². The number of carbonyl (C=O) groups is 1. The molecule has 0 amide bonds. The zero-order valence-electron chi connectivity index (χ0n) is 9.58. The molecule has 100 valence electrons. The van der Waals surface area contributed by atoms with Crippen molar-refractivity contribution in [1.29, 1.82) is 0 Å². The van der Waals surface area contributed by atoms with Crippen molar-refractivity contribution in [3.8, 4) is 5.75 Å². The number of hydrogen-bond acceptors (Lipinski definition) is 6. The fraction of sp³-hybridized carbons (Fsp3) is 0.300. The van der Waals surface area contributed by atoms with Crippen LogP contribution >= 0.6 is 0 Å². The number of nitrogens with one attached hydrogen (secondary N) is 1. The highest BCUT2D eigenvalue weighted by molar-refractivity contribution is 7.86. The summed E-state index contributed by atoms with van der Waals surface area (Å²) in [4.78, 5) is 10.3. The number of esters is 1. The summed E-state index contributed by atoms with van der Waals surface area (Å²) in [6, 6.07) is 3.90. The fourth-order valence-electron chi connectivity index (χ4n) is 1.34. The van der Waals surface area contributed by atoms with Crippen molar-refractivity contribution in [2.24, 2.45) is 0 Å². The Labute approximate surface area is 104 Å². The fourth-order valence-corrected chi connectivity index (χ4v) is 2.09. The molecule has 0 aliphatic heterocycles. The van der Waals surface area contributed by atoms with E-state index >= 15 is 0 Å². The van der Waals surface area contributed by atoms with Crippen LogP contribution in [0.15, 0.2) is 23.1 Å². The molecule has 0 fully saturated rings. The van der Waals surface area contributed by atoms with Crippen molar-refractivity contribution in [3.05, 3.63) is 18.2 Å². The lowest BCUT2D eigenvalue weighted by atomic mass is 10.3. The van der Waals surface area contributed by atoms with E-state index in [0.717, 1.165) is 6.07 Å². The second kappa shape index (κ2) is 5.69. The second-order valence-corrected chi connectivity index (χ2v) is 4.74. The summed E-state index contributed by atoms with van der Waals surface area (Å²) in [6.45, 7) is 0.110. The minimum atomic E-state index is -4.55. The SMILES string of the molecule is COC(=O)CCNc1cccc(O)c1S(=O)(=O)O. The zero-order chi connectivity index (χ0) is 13.8. The van der Waals surface area contributed by atoms with Gasteiger partial charge in [0.1, 0.15) is 5.75 Å². The quantitative estimate of drug-likeness (QED) is 0.533. The third kappa shape index (κ3) is 3.60. The van der Waals surface area contributed by atoms with Gasteiger partial charge in [-0.15, -0.1) is 0 Å². The summed E-state index contributed by atoms with van der Waals surface area (Å²) in [5.41, 5.74) is 0.0152. The molecule has 0 spiro atoms. The van der Waals surface area contributed by atoms with Crippen molar-refractivity contribution in [1.82, 2.24) is 0 Å². The van der Waals surface area contributed by atoms with Gasteiger partial charge in [-0.3, -0.25) is 9.35 Å². The van der Waals surface area contributed by atoms with Crippen molar-refractivity contribution in [3.63, 3.8) is 0 Å². The largest absolute Gasteiger partial charge is 0.506 e. The Morgan fingerprint density at radius 3 is 2.67 bits per heavy atom. The van der Waals surface area contributed by atoms with Crippen LogP contribution < -0.4 is 5.32 Å². The van der Waals surface area contributed by atoms with Crippen LogP contribution in [0.5, 0.6) is 5.75 Å². The number of anilines is 1. The summed E-state index contributed by atoms with van der Waals surface area (Å²) in [5.74, 6) is -1.03. The Balaban J connectivity index is 2.90. The highest BCUT2D eigenvalue weighted by Crippen LogP contribution is 2.29. The number of phenolic OH excluding ortho intramolecular Hbond substituents is 1. The Morgan fingerprint density at radius 1 is 1.44 bits per heavy atom. The molecule has 0 heterocycles. The van der Waals surface area contributed by atoms with Gasteiger partial charge >= 0.3 is 5.97 Å². The number of benzene rings is 1. The van der Waals surface area contributed by atoms with Gasteiger partial charge in [-0.05, 0) is 12.1 Å². The smallest absolute Gasteiger partial charge is 0.307 e. The summed E-state index contributed by atoms with van der Waals surface area (Å²) >= 11 is 0. The van der Waals surface area contributed by atoms with E-state index in [9.17, 15) is 18.3 Å². The maximum absolute atomic E-state index is 11.1. The number of phenols is 1. The molecule has 1 aromatic carbocycles. The van der Waals surface area contributed by atoms with E-state index < -0.39 is 26.7 Å². The van der Waals surface area contributed by atoms with Crippen molar-refractivity contribution < 1.29 is 27.6 Å². The van der Waals surface area contributed by atoms with Crippen LogP contribution in [0.3, 0.4) is 0 Å². The predicted octanol–water partition coefficient (Wildman–Crippen LogP) is 0.614. The lowest BCUT2D eigenvalue weighted by Crippen LogP contribution is -2.12. The molecule has 0 aromatic heterocycles. The van der Waals surface area contributed by atoms with Gasteiger partial charge in [0.25, 0.3) is 10.1 Å². The average Bonchev–Trinajstić information content (AvgIpc) is 2.27. The van der Waals surface area contributed by atoms with Gasteiger partial charge in [-0.1, -0.05) is 6.07 Å². The Bertz CT molecular complexity index is 539. The number of rotatable bonds is 5. The van der Waals surface area contributed by atoms with Crippen LogP contribution in [0.4, 0.5) is 5.69 Å². The Morgan fingerprint density at radius 2 is 2.11 bits per heavy atom. The van der Waals surface area contributed by atoms with Crippen LogP contribution in [0.2, 0.25) is 0 Å². The monoisotopic (exact) mass is 275 g/mol. The van der Waals surface area contributed by atoms with Crippen LogP contribution in [0.1, 0.15) is 6.42 Å². The van der Waals surface area contributed by atoms with Crippen LogP contribution in [0.25, 0.3) is 0 Å². The maximum atomic E-state index is 11.1. The van der Waals surface area contributed by atoms with E-state index in [1.54, 1.807) is 0 Å². The third-order valence-electron chi connectivity index (χ3n) is 2.12. The van der Waals surface area contributed by atoms with Gasteiger partial charge < -0.3 is 15.2 Å². The molecule has 0 saturated heterocycles. The van der Waals surface area contributed by atoms with Crippen molar-refractivity contribution in [2.75, 3.05) is 19.0 Å². The molecule has 7 nitrogen and oxygen atoms in total. The molecule has 0 radical (unpaired) electrons. The third-order valence-corrected chi connectivity index (χ3v) is 3.07. The Kier molecular flexibility index (Phi) is 4.51. The molecule has 0 aliphatic rings. The number of aromatic hydroxyl groups is 1. The van der Waals surface area contributed by atoms with Gasteiger partial charge in [0, 0.05) is 6.54 Å². The van der Waals surface area contributed by atoms with Crippen molar-refractivity contribution in [2.45, 2.75) is 11.3 Å². The van der Waals surface area contributed by atoms with E-state index in [1.165, 1.54) is 19.2 Å². The van der Waals surface area contributed by atoms with Crippen molar-refractivity contribution >= 4 is 21.8 Å². The first-order valence-corrected chi connectivity index (χ1v) is 6.40. The molecule has 0 unspecified atom stereocenters. The highest BCUT2D eigenvalue weighted by atomic mass is 32.2. The standard InChI is InChI=1S/C10H13NO6S/c1-17-9(13)5-6-11-7-3-2-4-8(12)10(7)18(14,15)16/h2-4,11-12H,5-6H2,1H3,(H,14,15,16). The summed E-state index contributed by atoms with van der Waals surface area (Å²) in [7, 11) is -3.31. The summed E-state index contributed by atoms with van der Waals surface area (Å²) in [6.07, 6.45) is 0.0249. The minimum absolute atomic E-state index is 0.0152. The molecule has 3 N–H and O–H groups in total. The highest BCUT2D eigenvalue weighted by Gasteiger charge is 2.20. The van der Waals surface area contributed by atoms with Gasteiger partial charge in [0.2, 0.25) is 0 Å². The maximum Gasteiger partial charge on any atom is 0.307 e. The second-order valence-electron chi connectivity index (χ2n) is 3.38. The number of carbonyl (C=O) groups excluding carboxylic acids is 1. The van der Waals surface area contributed by atoms with E-state index in [1.807, 2.05) is 0 Å². The van der Waals surface area contributed by atoms with Gasteiger partial charge in [-0.25, -0.2) is 0 Å². The van der Waals surface area contributed by atoms with E-state index in [4.69, 9.17) is 4.55 Å². The molecule has 1 aromatic rings. The van der Waals surface area contributed by atoms with Crippen LogP contribution in [0, 0.1) is 0 Å². The van der Waals surface area contributed by atoms with Gasteiger partial charge in [-0.2, -0.15) is 8.42 Å². The molecule has 0 aliphatic carbocycles. The summed E-state index contributed by atoms with van der Waals surface area (Å²) < 4.78 is 35.6. The van der Waals surface area contributed by atoms with E-state index in [-0.39, 0.29) is 18.7 Å². The summed E-state index contributed by atoms with van der Waals surface area (Å²) in [5, 5.41) is 12.0. The lowest BCUT2D eigenvalue weighted by molar-refractivity contribution is -0.140. The van der Waals surface area contributed by atoms with Gasteiger partial charge in [0.05, 0.1) is 19.2 Å². The first-order chi connectivity index (χ1) is 8.36. The number of ether oxygens (including phenoxy) is 1. The van der Waals surface area contributed by atoms with Crippen LogP contribution in [-0.2, 0) is 19.6 Å². The molecular formula is C10H13NO6S. The number of hydrogen-bond donors (Lipinski definition) is 3. The molecule has 18 heavy (non-hydrogen) atoms. The molecule has 1 rings (SSSR count). The van der Waals surface area contributed by atoms with Gasteiger partial charge in [0.15, 0.2) is 4.90 Å². The normalized spacial score (nSPS) is 11.0. The predicted molar refractivity (Wildman–Crippen MR) is 63.0 cm³/mol.